The summed E-state index contributed by atoms with van der Waals surface area (Å²) in [6, 6.07) is 0. The van der Waals surface area contributed by atoms with Crippen LogP contribution in [0.5, 0.6) is 0 Å². The molecule has 1 heterocycles. The lowest BCUT2D eigenvalue weighted by Crippen LogP contribution is -2.25. The highest BCUT2D eigenvalue weighted by molar-refractivity contribution is 4.72. The number of hydrogen-bond acceptors (Lipinski definition) is 1. The molecular formula is C8H14F3N. The first-order valence-electron chi connectivity index (χ1n) is 4.26. The molecule has 1 aliphatic heterocycles. The standard InChI is InChI=1S/C8H14F3N/c1-7-2-4-12(6-7)5-3-8(9,10)11/h7H,2-6H2,1H3/t7-/m0/s1. The summed E-state index contributed by atoms with van der Waals surface area (Å²) in [4.78, 5) is 1.89. The predicted octanol–water partition coefficient (Wildman–Crippen LogP) is 2.28. The fourth-order valence-electron chi connectivity index (χ4n) is 1.51. The molecule has 0 amide bonds. The maximum atomic E-state index is 11.8. The van der Waals surface area contributed by atoms with E-state index in [1.807, 2.05) is 4.90 Å². The second-order valence-corrected chi connectivity index (χ2v) is 3.56. The van der Waals surface area contributed by atoms with Crippen molar-refractivity contribution in [1.29, 1.82) is 0 Å². The topological polar surface area (TPSA) is 3.24 Å². The molecular weight excluding hydrogens is 167 g/mol. The number of likely N-dealkylation sites (tertiary alicyclic amines) is 1. The van der Waals surface area contributed by atoms with Crippen LogP contribution in [0.4, 0.5) is 13.2 Å². The smallest absolute Gasteiger partial charge is 0.303 e. The Morgan fingerprint density at radius 1 is 1.42 bits per heavy atom. The fraction of sp³-hybridized carbons (Fsp3) is 1.00. The van der Waals surface area contributed by atoms with Crippen molar-refractivity contribution in [2.24, 2.45) is 5.92 Å². The lowest BCUT2D eigenvalue weighted by atomic mass is 10.2. The van der Waals surface area contributed by atoms with Gasteiger partial charge in [-0.15, -0.1) is 0 Å². The van der Waals surface area contributed by atoms with Gasteiger partial charge in [0.1, 0.15) is 0 Å². The summed E-state index contributed by atoms with van der Waals surface area (Å²) in [5.41, 5.74) is 0. The molecule has 0 spiro atoms. The van der Waals surface area contributed by atoms with E-state index in [2.05, 4.69) is 6.92 Å². The summed E-state index contributed by atoms with van der Waals surface area (Å²) < 4.78 is 35.3. The second-order valence-electron chi connectivity index (χ2n) is 3.56. The highest BCUT2D eigenvalue weighted by Gasteiger charge is 2.29. The average molecular weight is 181 g/mol. The van der Waals surface area contributed by atoms with Crippen molar-refractivity contribution < 1.29 is 13.2 Å². The minimum Gasteiger partial charge on any atom is -0.303 e. The van der Waals surface area contributed by atoms with Crippen LogP contribution in [0.25, 0.3) is 0 Å². The summed E-state index contributed by atoms with van der Waals surface area (Å²) in [6.45, 7) is 3.91. The molecule has 1 fully saturated rings. The Balaban J connectivity index is 2.16. The van der Waals surface area contributed by atoms with Gasteiger partial charge in [0, 0.05) is 13.1 Å². The zero-order valence-electron chi connectivity index (χ0n) is 7.19. The molecule has 0 radical (unpaired) electrons. The van der Waals surface area contributed by atoms with Crippen molar-refractivity contribution in [2.75, 3.05) is 19.6 Å². The van der Waals surface area contributed by atoms with Gasteiger partial charge in [-0.2, -0.15) is 13.2 Å². The summed E-state index contributed by atoms with van der Waals surface area (Å²) in [6.07, 6.45) is -3.62. The van der Waals surface area contributed by atoms with Crippen molar-refractivity contribution >= 4 is 0 Å². The van der Waals surface area contributed by atoms with E-state index in [9.17, 15) is 13.2 Å². The van der Waals surface area contributed by atoms with Gasteiger partial charge in [-0.05, 0) is 18.9 Å². The highest BCUT2D eigenvalue weighted by Crippen LogP contribution is 2.22. The zero-order valence-corrected chi connectivity index (χ0v) is 7.19. The molecule has 1 saturated heterocycles. The monoisotopic (exact) mass is 181 g/mol. The van der Waals surface area contributed by atoms with E-state index in [1.165, 1.54) is 0 Å². The number of hydrogen-bond donors (Lipinski definition) is 0. The summed E-state index contributed by atoms with van der Waals surface area (Å²) in [5.74, 6) is 0.568. The van der Waals surface area contributed by atoms with Gasteiger partial charge in [-0.3, -0.25) is 0 Å². The maximum absolute atomic E-state index is 11.8. The third-order valence-electron chi connectivity index (χ3n) is 2.22. The van der Waals surface area contributed by atoms with Crippen LogP contribution < -0.4 is 0 Å². The molecule has 0 aromatic rings. The Kier molecular flexibility index (Phi) is 2.99. The molecule has 0 aromatic carbocycles. The van der Waals surface area contributed by atoms with Crippen molar-refractivity contribution in [1.82, 2.24) is 4.90 Å². The predicted molar refractivity (Wildman–Crippen MR) is 40.9 cm³/mol. The minimum absolute atomic E-state index is 0.174. The first-order valence-corrected chi connectivity index (χ1v) is 4.26. The van der Waals surface area contributed by atoms with Crippen LogP contribution in [0.1, 0.15) is 19.8 Å². The molecule has 1 nitrogen and oxygen atoms in total. The zero-order chi connectivity index (χ0) is 9.19. The summed E-state index contributed by atoms with van der Waals surface area (Å²) in [5, 5.41) is 0. The molecule has 0 unspecified atom stereocenters. The Labute approximate surface area is 70.5 Å². The molecule has 1 aliphatic rings. The molecule has 0 bridgehead atoms. The van der Waals surface area contributed by atoms with Gasteiger partial charge in [0.15, 0.2) is 0 Å². The van der Waals surface area contributed by atoms with Crippen LogP contribution in [0.2, 0.25) is 0 Å². The summed E-state index contributed by atoms with van der Waals surface area (Å²) in [7, 11) is 0. The lowest BCUT2D eigenvalue weighted by Gasteiger charge is -2.15. The Morgan fingerprint density at radius 2 is 2.08 bits per heavy atom. The van der Waals surface area contributed by atoms with Crippen molar-refractivity contribution in [3.63, 3.8) is 0 Å². The number of halogens is 3. The van der Waals surface area contributed by atoms with Gasteiger partial charge < -0.3 is 4.90 Å². The molecule has 0 aliphatic carbocycles. The van der Waals surface area contributed by atoms with Gasteiger partial charge in [0.2, 0.25) is 0 Å². The van der Waals surface area contributed by atoms with Crippen LogP contribution in [0.15, 0.2) is 0 Å². The van der Waals surface area contributed by atoms with Crippen molar-refractivity contribution in [3.8, 4) is 0 Å². The fourth-order valence-corrected chi connectivity index (χ4v) is 1.51. The highest BCUT2D eigenvalue weighted by atomic mass is 19.4. The third-order valence-corrected chi connectivity index (χ3v) is 2.22. The van der Waals surface area contributed by atoms with Crippen LogP contribution >= 0.6 is 0 Å². The van der Waals surface area contributed by atoms with E-state index < -0.39 is 12.6 Å². The lowest BCUT2D eigenvalue weighted by molar-refractivity contribution is -0.137. The van der Waals surface area contributed by atoms with Crippen molar-refractivity contribution in [3.05, 3.63) is 0 Å². The Morgan fingerprint density at radius 3 is 2.50 bits per heavy atom. The molecule has 72 valence electrons. The van der Waals surface area contributed by atoms with E-state index in [4.69, 9.17) is 0 Å². The SMILES string of the molecule is C[C@H]1CCN(CCC(F)(F)F)C1. The first-order chi connectivity index (χ1) is 5.47. The molecule has 1 atom stereocenters. The van der Waals surface area contributed by atoms with Crippen LogP contribution in [0.3, 0.4) is 0 Å². The van der Waals surface area contributed by atoms with Crippen molar-refractivity contribution in [2.45, 2.75) is 25.9 Å². The van der Waals surface area contributed by atoms with Gasteiger partial charge in [-0.25, -0.2) is 0 Å². The molecule has 0 aromatic heterocycles. The molecule has 4 heteroatoms. The molecule has 12 heavy (non-hydrogen) atoms. The van der Waals surface area contributed by atoms with E-state index in [0.717, 1.165) is 19.5 Å². The van der Waals surface area contributed by atoms with Gasteiger partial charge in [-0.1, -0.05) is 6.92 Å². The Hall–Kier alpha value is -0.250. The minimum atomic E-state index is -3.99. The van der Waals surface area contributed by atoms with Crippen LogP contribution in [-0.2, 0) is 0 Å². The molecule has 1 rings (SSSR count). The number of rotatable bonds is 2. The maximum Gasteiger partial charge on any atom is 0.390 e. The first kappa shape index (κ1) is 9.84. The van der Waals surface area contributed by atoms with Gasteiger partial charge in [0.25, 0.3) is 0 Å². The normalized spacial score (nSPS) is 26.5. The average Bonchev–Trinajstić information content (AvgIpc) is 2.30. The molecule has 0 saturated carbocycles. The summed E-state index contributed by atoms with van der Waals surface area (Å²) >= 11 is 0. The van der Waals surface area contributed by atoms with E-state index in [1.54, 1.807) is 0 Å². The van der Waals surface area contributed by atoms with Gasteiger partial charge in [0.05, 0.1) is 6.42 Å². The van der Waals surface area contributed by atoms with E-state index in [-0.39, 0.29) is 6.54 Å². The molecule has 0 N–H and O–H groups in total. The van der Waals surface area contributed by atoms with Crippen LogP contribution in [0, 0.1) is 5.92 Å². The quantitative estimate of drug-likeness (QED) is 0.631. The second kappa shape index (κ2) is 3.64. The van der Waals surface area contributed by atoms with E-state index >= 15 is 0 Å². The number of alkyl halides is 3. The number of nitrogens with zero attached hydrogens (tertiary/aromatic N) is 1. The van der Waals surface area contributed by atoms with Gasteiger partial charge >= 0.3 is 6.18 Å². The van der Waals surface area contributed by atoms with E-state index in [0.29, 0.717) is 5.92 Å². The largest absolute Gasteiger partial charge is 0.390 e. The Bertz CT molecular complexity index is 144. The third kappa shape index (κ3) is 3.43. The van der Waals surface area contributed by atoms with Crippen LogP contribution in [-0.4, -0.2) is 30.7 Å².